The first kappa shape index (κ1) is 71.2. The zero-order chi connectivity index (χ0) is 54.8. The number of unbranched alkanes of at least 4 members (excludes halogenated alkanes) is 24. The van der Waals surface area contributed by atoms with E-state index in [0.717, 1.165) is 103 Å². The lowest BCUT2D eigenvalue weighted by Crippen LogP contribution is -2.44. The Morgan fingerprint density at radius 1 is 0.413 bits per heavy atom. The van der Waals surface area contributed by atoms with Crippen LogP contribution in [0.3, 0.4) is 0 Å². The van der Waals surface area contributed by atoms with Gasteiger partial charge in [0, 0.05) is 12.8 Å². The number of hydrogen-bond donors (Lipinski definition) is 0. The zero-order valence-corrected chi connectivity index (χ0v) is 48.9. The number of carboxylic acids is 1. The molecule has 2 atom stereocenters. The first-order valence-electron chi connectivity index (χ1n) is 30.4. The summed E-state index contributed by atoms with van der Waals surface area (Å²) in [5.41, 5.74) is 0. The third-order valence-electron chi connectivity index (χ3n) is 12.8. The highest BCUT2D eigenvalue weighted by Gasteiger charge is 2.22. The number of esters is 2. The fourth-order valence-corrected chi connectivity index (χ4v) is 8.16. The second-order valence-corrected chi connectivity index (χ2v) is 21.3. The van der Waals surface area contributed by atoms with Gasteiger partial charge in [-0.1, -0.05) is 233 Å². The van der Waals surface area contributed by atoms with Gasteiger partial charge in [-0.3, -0.25) is 9.59 Å². The molecule has 9 heteroatoms. The summed E-state index contributed by atoms with van der Waals surface area (Å²) in [7, 11) is 5.92. The van der Waals surface area contributed by atoms with Crippen LogP contribution in [0, 0.1) is 0 Å². The van der Waals surface area contributed by atoms with Crippen molar-refractivity contribution in [1.82, 2.24) is 0 Å². The molecule has 0 N–H and O–H groups in total. The topological polar surface area (TPSA) is 111 Å². The molecule has 0 aliphatic rings. The first-order chi connectivity index (χ1) is 36.6. The van der Waals surface area contributed by atoms with Crippen LogP contribution < -0.4 is 5.11 Å². The quantitative estimate of drug-likeness (QED) is 0.0195. The van der Waals surface area contributed by atoms with Gasteiger partial charge in [-0.15, -0.1) is 0 Å². The minimum absolute atomic E-state index is 0.143. The molecule has 0 fully saturated rings. The Hall–Kier alpha value is -3.79. The summed E-state index contributed by atoms with van der Waals surface area (Å²) < 4.78 is 22.7. The van der Waals surface area contributed by atoms with Crippen LogP contribution >= 0.6 is 0 Å². The highest BCUT2D eigenvalue weighted by atomic mass is 16.7. The van der Waals surface area contributed by atoms with Crippen molar-refractivity contribution < 1.29 is 42.9 Å². The third kappa shape index (κ3) is 57.7. The van der Waals surface area contributed by atoms with Crippen LogP contribution in [0.2, 0.25) is 0 Å². The Labute approximate surface area is 461 Å². The second kappa shape index (κ2) is 56.4. The van der Waals surface area contributed by atoms with E-state index in [1.165, 1.54) is 109 Å². The van der Waals surface area contributed by atoms with Crippen LogP contribution in [0.1, 0.15) is 245 Å². The lowest BCUT2D eigenvalue weighted by molar-refractivity contribution is -0.870. The van der Waals surface area contributed by atoms with Gasteiger partial charge in [0.1, 0.15) is 13.2 Å². The Morgan fingerprint density at radius 3 is 1.15 bits per heavy atom. The van der Waals surface area contributed by atoms with E-state index < -0.39 is 24.3 Å². The summed E-state index contributed by atoms with van der Waals surface area (Å²) >= 11 is 0. The highest BCUT2D eigenvalue weighted by Crippen LogP contribution is 2.16. The molecule has 2 unspecified atom stereocenters. The second-order valence-electron chi connectivity index (χ2n) is 21.3. The lowest BCUT2D eigenvalue weighted by atomic mass is 10.0. The largest absolute Gasteiger partial charge is 0.545 e. The Bertz CT molecular complexity index is 1550. The molecule has 0 aromatic carbocycles. The predicted molar refractivity (Wildman–Crippen MR) is 315 cm³/mol. The Morgan fingerprint density at radius 2 is 0.760 bits per heavy atom. The number of allylic oxidation sites excluding steroid dienone is 16. The van der Waals surface area contributed by atoms with Crippen molar-refractivity contribution >= 4 is 17.9 Å². The number of carboxylic acid groups (broad SMARTS) is 1. The van der Waals surface area contributed by atoms with Crippen molar-refractivity contribution in [2.75, 3.05) is 47.5 Å². The first-order valence-corrected chi connectivity index (χ1v) is 30.4. The number of ether oxygens (including phenoxy) is 4. The van der Waals surface area contributed by atoms with E-state index in [9.17, 15) is 19.5 Å². The fraction of sp³-hybridized carbons (Fsp3) is 0.712. The molecule has 0 aromatic rings. The normalized spacial score (nSPS) is 13.5. The van der Waals surface area contributed by atoms with Gasteiger partial charge < -0.3 is 33.3 Å². The van der Waals surface area contributed by atoms with Gasteiger partial charge in [-0.25, -0.2) is 0 Å². The molecule has 75 heavy (non-hydrogen) atoms. The summed E-state index contributed by atoms with van der Waals surface area (Å²) in [4.78, 5) is 37.3. The maximum atomic E-state index is 12.9. The number of likely N-dealkylation sites (N-methyl/N-ethyl adjacent to an activating group) is 1. The minimum Gasteiger partial charge on any atom is -0.545 e. The van der Waals surface area contributed by atoms with Crippen molar-refractivity contribution in [3.63, 3.8) is 0 Å². The number of quaternary nitrogens is 1. The van der Waals surface area contributed by atoms with E-state index in [4.69, 9.17) is 18.9 Å². The molecule has 0 bridgehead atoms. The average molecular weight is 1050 g/mol. The molecule has 0 saturated carbocycles. The maximum Gasteiger partial charge on any atom is 0.306 e. The number of rotatable bonds is 55. The van der Waals surface area contributed by atoms with Crippen LogP contribution in [-0.2, 0) is 33.3 Å². The van der Waals surface area contributed by atoms with Gasteiger partial charge in [-0.05, 0) is 96.3 Å². The van der Waals surface area contributed by atoms with E-state index in [0.29, 0.717) is 17.4 Å². The Balaban J connectivity index is 4.15. The number of carbonyl (C=O) groups is 3. The summed E-state index contributed by atoms with van der Waals surface area (Å²) in [5.74, 6) is -2.30. The molecule has 0 radical (unpaired) electrons. The smallest absolute Gasteiger partial charge is 0.306 e. The molecule has 0 saturated heterocycles. The number of nitrogens with zero attached hydrogens (tertiary/aromatic N) is 1. The van der Waals surface area contributed by atoms with Gasteiger partial charge in [-0.2, -0.15) is 0 Å². The monoisotopic (exact) mass is 1050 g/mol. The van der Waals surface area contributed by atoms with Crippen LogP contribution in [0.4, 0.5) is 0 Å². The van der Waals surface area contributed by atoms with Gasteiger partial charge in [0.25, 0.3) is 0 Å². The van der Waals surface area contributed by atoms with Crippen molar-refractivity contribution in [2.45, 2.75) is 257 Å². The van der Waals surface area contributed by atoms with Crippen LogP contribution in [0.5, 0.6) is 0 Å². The summed E-state index contributed by atoms with van der Waals surface area (Å²) in [5, 5.41) is 11.8. The highest BCUT2D eigenvalue weighted by molar-refractivity contribution is 5.70. The van der Waals surface area contributed by atoms with E-state index in [2.05, 4.69) is 111 Å². The number of hydrogen-bond acceptors (Lipinski definition) is 8. The van der Waals surface area contributed by atoms with E-state index in [-0.39, 0.29) is 38.6 Å². The van der Waals surface area contributed by atoms with E-state index >= 15 is 0 Å². The summed E-state index contributed by atoms with van der Waals surface area (Å²) in [6, 6.07) is 0. The lowest BCUT2D eigenvalue weighted by Gasteiger charge is -2.26. The maximum absolute atomic E-state index is 12.9. The van der Waals surface area contributed by atoms with Gasteiger partial charge >= 0.3 is 11.9 Å². The van der Waals surface area contributed by atoms with Crippen LogP contribution in [0.25, 0.3) is 0 Å². The van der Waals surface area contributed by atoms with Gasteiger partial charge in [0.15, 0.2) is 12.4 Å². The van der Waals surface area contributed by atoms with Gasteiger partial charge in [0.2, 0.25) is 0 Å². The number of carbonyl (C=O) groups excluding carboxylic acids is 3. The molecule has 0 rings (SSSR count). The minimum atomic E-state index is -1.63. The molecule has 0 aliphatic heterocycles. The van der Waals surface area contributed by atoms with Crippen LogP contribution in [-0.4, -0.2) is 82.3 Å². The average Bonchev–Trinajstić information content (AvgIpc) is 3.38. The molecule has 0 heterocycles. The van der Waals surface area contributed by atoms with Crippen LogP contribution in [0.15, 0.2) is 97.2 Å². The molecule has 0 spiro atoms. The predicted octanol–water partition coefficient (Wildman–Crippen LogP) is 16.8. The van der Waals surface area contributed by atoms with Crippen molar-refractivity contribution in [3.05, 3.63) is 97.2 Å². The van der Waals surface area contributed by atoms with Crippen molar-refractivity contribution in [3.8, 4) is 0 Å². The molecular formula is C66H113NO8. The van der Waals surface area contributed by atoms with E-state index in [1.807, 2.05) is 21.1 Å². The molecule has 9 nitrogen and oxygen atoms in total. The fourth-order valence-electron chi connectivity index (χ4n) is 8.16. The molecule has 0 aromatic heterocycles. The van der Waals surface area contributed by atoms with Gasteiger partial charge in [0.05, 0.1) is 40.3 Å². The SMILES string of the molecule is CC/C=C\C/C=C\C/C=C\C/C=C\C/C=C\C/C=C\C/C=C\CCCCCCCCCCCCCCCC(=O)OC(COC(=O)CCCCCCC/C=C\CCCCCCCC)COC(OCC[N+](C)(C)C)C(=O)[O-]. The van der Waals surface area contributed by atoms with E-state index in [1.54, 1.807) is 0 Å². The summed E-state index contributed by atoms with van der Waals surface area (Å²) in [6.45, 7) is 4.62. The molecule has 0 aliphatic carbocycles. The standard InChI is InChI=1S/C66H113NO8/c1-6-8-10-12-14-16-18-20-22-23-24-25-26-27-28-29-30-31-32-33-34-35-36-37-38-39-40-41-43-45-47-49-51-53-55-57-64(69)75-62(61-74-66(65(70)71)72-59-58-67(3,4)5)60-73-63(68)56-54-52-50-48-46-44-42-21-19-17-15-13-11-9-7-2/h8,10,14,16,20-22,24-25,27-28,30-31,33-34,42,62,66H,6-7,9,11-13,15,17-19,23,26,29,32,35-41,43-61H2,1-5H3/b10-8-,16-14-,22-20-,25-24-,28-27-,31-30-,34-33-,42-21-. The van der Waals surface area contributed by atoms with Crippen molar-refractivity contribution in [2.24, 2.45) is 0 Å². The summed E-state index contributed by atoms with van der Waals surface area (Å²) in [6.07, 6.45) is 73.2. The Kier molecular flexibility index (Phi) is 53.6. The molecular weight excluding hydrogens is 935 g/mol. The zero-order valence-electron chi connectivity index (χ0n) is 48.9. The number of aliphatic carboxylic acids is 1. The molecule has 0 amide bonds. The third-order valence-corrected chi connectivity index (χ3v) is 12.8. The molecule has 430 valence electrons. The van der Waals surface area contributed by atoms with Crippen molar-refractivity contribution in [1.29, 1.82) is 0 Å².